The van der Waals surface area contributed by atoms with Gasteiger partial charge in [0, 0.05) is 31.0 Å². The monoisotopic (exact) mass is 291 g/mol. The molecule has 116 valence electrons. The molecule has 0 radical (unpaired) electrons. The van der Waals surface area contributed by atoms with Crippen molar-refractivity contribution in [3.63, 3.8) is 0 Å². The van der Waals surface area contributed by atoms with E-state index in [4.69, 9.17) is 4.74 Å². The highest BCUT2D eigenvalue weighted by atomic mass is 16.5. The van der Waals surface area contributed by atoms with Crippen LogP contribution in [0.3, 0.4) is 0 Å². The van der Waals surface area contributed by atoms with E-state index in [9.17, 15) is 4.79 Å². The number of carbonyl (C=O) groups is 1. The molecule has 1 amide bonds. The lowest BCUT2D eigenvalue weighted by Crippen LogP contribution is -2.36. The highest BCUT2D eigenvalue weighted by molar-refractivity contribution is 5.80. The Morgan fingerprint density at radius 2 is 1.95 bits per heavy atom. The van der Waals surface area contributed by atoms with Gasteiger partial charge in [-0.25, -0.2) is 0 Å². The molecule has 0 atom stereocenters. The molecule has 5 nitrogen and oxygen atoms in total. The summed E-state index contributed by atoms with van der Waals surface area (Å²) in [5, 5.41) is 6.04. The van der Waals surface area contributed by atoms with E-state index in [0.717, 1.165) is 51.4 Å². The van der Waals surface area contributed by atoms with E-state index in [1.807, 2.05) is 12.1 Å². The number of anilines is 2. The predicted octanol–water partition coefficient (Wildman–Crippen LogP) is 1.85. The lowest BCUT2D eigenvalue weighted by atomic mass is 10.2. The second-order valence-electron chi connectivity index (χ2n) is 5.20. The van der Waals surface area contributed by atoms with Crippen LogP contribution in [0.5, 0.6) is 0 Å². The van der Waals surface area contributed by atoms with Gasteiger partial charge in [0.2, 0.25) is 5.91 Å². The van der Waals surface area contributed by atoms with Gasteiger partial charge in [0.05, 0.1) is 19.8 Å². The van der Waals surface area contributed by atoms with Gasteiger partial charge in [0.15, 0.2) is 0 Å². The van der Waals surface area contributed by atoms with Crippen molar-refractivity contribution in [2.45, 2.75) is 19.8 Å². The summed E-state index contributed by atoms with van der Waals surface area (Å²) in [5.41, 5.74) is 2.17. The third kappa shape index (κ3) is 5.27. The molecule has 2 N–H and O–H groups in total. The Morgan fingerprint density at radius 3 is 2.62 bits per heavy atom. The number of rotatable bonds is 7. The standard InChI is InChI=1S/C16H25N3O2/c1-2-3-8-17-16(20)13-18-14-4-6-15(7-5-14)19-9-11-21-12-10-19/h4-7,18H,2-3,8-13H2,1H3,(H,17,20). The van der Waals surface area contributed by atoms with Crippen LogP contribution in [0.25, 0.3) is 0 Å². The molecule has 2 rings (SSSR count). The molecule has 1 aliphatic rings. The Balaban J connectivity index is 1.75. The molecule has 0 aliphatic carbocycles. The van der Waals surface area contributed by atoms with Crippen LogP contribution in [0.1, 0.15) is 19.8 Å². The number of amides is 1. The van der Waals surface area contributed by atoms with E-state index in [0.29, 0.717) is 6.54 Å². The van der Waals surface area contributed by atoms with Crippen molar-refractivity contribution in [1.29, 1.82) is 0 Å². The largest absolute Gasteiger partial charge is 0.378 e. The van der Waals surface area contributed by atoms with Gasteiger partial charge < -0.3 is 20.3 Å². The molecule has 0 spiro atoms. The lowest BCUT2D eigenvalue weighted by Gasteiger charge is -2.28. The predicted molar refractivity (Wildman–Crippen MR) is 85.9 cm³/mol. The van der Waals surface area contributed by atoms with Crippen molar-refractivity contribution in [2.75, 3.05) is 49.6 Å². The Morgan fingerprint density at radius 1 is 1.24 bits per heavy atom. The molecule has 0 bridgehead atoms. The second-order valence-corrected chi connectivity index (χ2v) is 5.20. The number of carbonyl (C=O) groups excluding carboxylic acids is 1. The molecule has 0 aromatic heterocycles. The second kappa shape index (κ2) is 8.52. The number of hydrogen-bond acceptors (Lipinski definition) is 4. The first-order chi connectivity index (χ1) is 10.3. The highest BCUT2D eigenvalue weighted by Crippen LogP contribution is 2.18. The Kier molecular flexibility index (Phi) is 6.34. The molecular formula is C16H25N3O2. The van der Waals surface area contributed by atoms with Gasteiger partial charge >= 0.3 is 0 Å². The van der Waals surface area contributed by atoms with E-state index in [-0.39, 0.29) is 5.91 Å². The summed E-state index contributed by atoms with van der Waals surface area (Å²) in [7, 11) is 0. The summed E-state index contributed by atoms with van der Waals surface area (Å²) in [6.45, 7) is 6.64. The van der Waals surface area contributed by atoms with Crippen LogP contribution in [-0.4, -0.2) is 45.3 Å². The van der Waals surface area contributed by atoms with Gasteiger partial charge in [-0.1, -0.05) is 13.3 Å². The molecule has 1 heterocycles. The third-order valence-corrected chi connectivity index (χ3v) is 3.55. The first-order valence-electron chi connectivity index (χ1n) is 7.73. The Hall–Kier alpha value is -1.75. The topological polar surface area (TPSA) is 53.6 Å². The minimum atomic E-state index is 0.0423. The number of benzene rings is 1. The molecule has 0 saturated carbocycles. The van der Waals surface area contributed by atoms with Crippen LogP contribution in [0.15, 0.2) is 24.3 Å². The molecular weight excluding hydrogens is 266 g/mol. The molecule has 1 aromatic carbocycles. The SMILES string of the molecule is CCCCNC(=O)CNc1ccc(N2CCOCC2)cc1. The number of hydrogen-bond donors (Lipinski definition) is 2. The fourth-order valence-electron chi connectivity index (χ4n) is 2.26. The molecule has 1 fully saturated rings. The van der Waals surface area contributed by atoms with Crippen molar-refractivity contribution < 1.29 is 9.53 Å². The van der Waals surface area contributed by atoms with Crippen LogP contribution in [0.4, 0.5) is 11.4 Å². The number of nitrogens with zero attached hydrogens (tertiary/aromatic N) is 1. The minimum Gasteiger partial charge on any atom is -0.378 e. The van der Waals surface area contributed by atoms with Gasteiger partial charge in [0.1, 0.15) is 0 Å². The zero-order chi connectivity index (χ0) is 14.9. The van der Waals surface area contributed by atoms with Gasteiger partial charge in [-0.05, 0) is 30.7 Å². The first-order valence-corrected chi connectivity index (χ1v) is 7.73. The molecule has 1 aliphatic heterocycles. The maximum absolute atomic E-state index is 11.6. The molecule has 1 saturated heterocycles. The van der Waals surface area contributed by atoms with Crippen molar-refractivity contribution >= 4 is 17.3 Å². The zero-order valence-corrected chi connectivity index (χ0v) is 12.7. The van der Waals surface area contributed by atoms with Crippen molar-refractivity contribution in [3.8, 4) is 0 Å². The maximum Gasteiger partial charge on any atom is 0.239 e. The fourth-order valence-corrected chi connectivity index (χ4v) is 2.26. The van der Waals surface area contributed by atoms with Crippen molar-refractivity contribution in [2.24, 2.45) is 0 Å². The quantitative estimate of drug-likeness (QED) is 0.753. The van der Waals surface area contributed by atoms with Gasteiger partial charge in [-0.2, -0.15) is 0 Å². The minimum absolute atomic E-state index is 0.0423. The number of morpholine rings is 1. The zero-order valence-electron chi connectivity index (χ0n) is 12.7. The van der Waals surface area contributed by atoms with Gasteiger partial charge in [0.25, 0.3) is 0 Å². The Bertz CT molecular complexity index is 428. The summed E-state index contributed by atoms with van der Waals surface area (Å²) >= 11 is 0. The van der Waals surface area contributed by atoms with Crippen LogP contribution in [0.2, 0.25) is 0 Å². The molecule has 21 heavy (non-hydrogen) atoms. The lowest BCUT2D eigenvalue weighted by molar-refractivity contribution is -0.119. The van der Waals surface area contributed by atoms with E-state index < -0.39 is 0 Å². The van der Waals surface area contributed by atoms with Crippen molar-refractivity contribution in [1.82, 2.24) is 5.32 Å². The van der Waals surface area contributed by atoms with Crippen LogP contribution in [-0.2, 0) is 9.53 Å². The number of ether oxygens (including phenoxy) is 1. The average molecular weight is 291 g/mol. The molecule has 5 heteroatoms. The smallest absolute Gasteiger partial charge is 0.239 e. The summed E-state index contributed by atoms with van der Waals surface area (Å²) in [5.74, 6) is 0.0423. The van der Waals surface area contributed by atoms with E-state index in [1.54, 1.807) is 0 Å². The summed E-state index contributed by atoms with van der Waals surface area (Å²) in [6, 6.07) is 8.21. The summed E-state index contributed by atoms with van der Waals surface area (Å²) < 4.78 is 5.35. The normalized spacial score (nSPS) is 14.8. The summed E-state index contributed by atoms with van der Waals surface area (Å²) in [6.07, 6.45) is 2.12. The number of unbranched alkanes of at least 4 members (excludes halogenated alkanes) is 1. The molecule has 0 unspecified atom stereocenters. The van der Waals surface area contributed by atoms with Crippen LogP contribution in [0, 0.1) is 0 Å². The fraction of sp³-hybridized carbons (Fsp3) is 0.562. The third-order valence-electron chi connectivity index (χ3n) is 3.55. The van der Waals surface area contributed by atoms with E-state index in [1.165, 1.54) is 5.69 Å². The Labute approximate surface area is 126 Å². The summed E-state index contributed by atoms with van der Waals surface area (Å²) in [4.78, 5) is 13.9. The highest BCUT2D eigenvalue weighted by Gasteiger charge is 2.10. The van der Waals surface area contributed by atoms with E-state index >= 15 is 0 Å². The first kappa shape index (κ1) is 15.6. The van der Waals surface area contributed by atoms with E-state index in [2.05, 4.69) is 34.6 Å². The molecule has 1 aromatic rings. The number of nitrogens with one attached hydrogen (secondary N) is 2. The van der Waals surface area contributed by atoms with Crippen molar-refractivity contribution in [3.05, 3.63) is 24.3 Å². The average Bonchev–Trinajstić information content (AvgIpc) is 2.54. The van der Waals surface area contributed by atoms with Gasteiger partial charge in [-0.15, -0.1) is 0 Å². The van der Waals surface area contributed by atoms with Crippen LogP contribution >= 0.6 is 0 Å². The van der Waals surface area contributed by atoms with Gasteiger partial charge in [-0.3, -0.25) is 4.79 Å². The maximum atomic E-state index is 11.6. The van der Waals surface area contributed by atoms with Crippen LogP contribution < -0.4 is 15.5 Å².